The molecule has 1 atom stereocenters. The standard InChI is InChI=1S/C17H36N4/c1-4-5-6-11-16(2)20-17(18-3)19-12-7-8-13-21-14-9-10-15-21/h16H,4-15H2,1-3H3,(H2,18,19,20). The molecule has 0 radical (unpaired) electrons. The Morgan fingerprint density at radius 1 is 1.14 bits per heavy atom. The van der Waals surface area contributed by atoms with E-state index in [2.05, 4.69) is 34.4 Å². The molecular formula is C17H36N4. The van der Waals surface area contributed by atoms with Crippen LogP contribution in [0.15, 0.2) is 4.99 Å². The molecule has 0 aliphatic carbocycles. The fourth-order valence-electron chi connectivity index (χ4n) is 2.87. The van der Waals surface area contributed by atoms with Gasteiger partial charge in [0.05, 0.1) is 0 Å². The molecule has 21 heavy (non-hydrogen) atoms. The van der Waals surface area contributed by atoms with E-state index in [4.69, 9.17) is 0 Å². The van der Waals surface area contributed by atoms with Gasteiger partial charge in [-0.1, -0.05) is 26.2 Å². The van der Waals surface area contributed by atoms with Crippen LogP contribution in [0.2, 0.25) is 0 Å². The molecule has 1 aliphatic rings. The van der Waals surface area contributed by atoms with Crippen molar-refractivity contribution < 1.29 is 0 Å². The first-order valence-electron chi connectivity index (χ1n) is 8.95. The third kappa shape index (κ3) is 8.97. The zero-order chi connectivity index (χ0) is 15.3. The summed E-state index contributed by atoms with van der Waals surface area (Å²) in [6.07, 6.45) is 10.4. The normalized spacial score (nSPS) is 18.0. The van der Waals surface area contributed by atoms with Gasteiger partial charge in [0.2, 0.25) is 0 Å². The summed E-state index contributed by atoms with van der Waals surface area (Å²) in [5.74, 6) is 0.958. The Bertz CT molecular complexity index is 272. The van der Waals surface area contributed by atoms with Crippen molar-refractivity contribution in [3.8, 4) is 0 Å². The molecule has 1 unspecified atom stereocenters. The number of aliphatic imine (C=N–C) groups is 1. The average Bonchev–Trinajstić information content (AvgIpc) is 2.99. The quantitative estimate of drug-likeness (QED) is 0.370. The van der Waals surface area contributed by atoms with Crippen LogP contribution in [0.1, 0.15) is 65.2 Å². The van der Waals surface area contributed by atoms with Gasteiger partial charge in [0.15, 0.2) is 5.96 Å². The lowest BCUT2D eigenvalue weighted by Gasteiger charge is -2.18. The Hall–Kier alpha value is -0.770. The lowest BCUT2D eigenvalue weighted by atomic mass is 10.1. The highest BCUT2D eigenvalue weighted by Gasteiger charge is 2.10. The van der Waals surface area contributed by atoms with Crippen molar-refractivity contribution in [2.45, 2.75) is 71.3 Å². The Labute approximate surface area is 131 Å². The molecule has 4 nitrogen and oxygen atoms in total. The average molecular weight is 297 g/mol. The second-order valence-corrected chi connectivity index (χ2v) is 6.30. The van der Waals surface area contributed by atoms with Crippen LogP contribution in [-0.4, -0.2) is 50.1 Å². The predicted octanol–water partition coefficient (Wildman–Crippen LogP) is 3.00. The number of rotatable bonds is 10. The molecule has 1 aliphatic heterocycles. The number of guanidine groups is 1. The first-order chi connectivity index (χ1) is 10.3. The molecule has 0 amide bonds. The van der Waals surface area contributed by atoms with Gasteiger partial charge in [0.25, 0.3) is 0 Å². The third-order valence-electron chi connectivity index (χ3n) is 4.24. The maximum Gasteiger partial charge on any atom is 0.191 e. The number of nitrogens with zero attached hydrogens (tertiary/aromatic N) is 2. The maximum absolute atomic E-state index is 4.32. The van der Waals surface area contributed by atoms with E-state index in [1.807, 2.05) is 7.05 Å². The highest BCUT2D eigenvalue weighted by molar-refractivity contribution is 5.79. The van der Waals surface area contributed by atoms with E-state index < -0.39 is 0 Å². The Morgan fingerprint density at radius 3 is 2.57 bits per heavy atom. The van der Waals surface area contributed by atoms with Gasteiger partial charge in [0.1, 0.15) is 0 Å². The summed E-state index contributed by atoms with van der Waals surface area (Å²) in [5, 5.41) is 6.92. The molecule has 1 heterocycles. The summed E-state index contributed by atoms with van der Waals surface area (Å²) in [6.45, 7) is 9.41. The van der Waals surface area contributed by atoms with Crippen LogP contribution in [0.25, 0.3) is 0 Å². The van der Waals surface area contributed by atoms with Gasteiger partial charge in [-0.15, -0.1) is 0 Å². The van der Waals surface area contributed by atoms with Crippen molar-refractivity contribution in [3.05, 3.63) is 0 Å². The van der Waals surface area contributed by atoms with Crippen LogP contribution in [0, 0.1) is 0 Å². The fourth-order valence-corrected chi connectivity index (χ4v) is 2.87. The minimum Gasteiger partial charge on any atom is -0.356 e. The molecule has 124 valence electrons. The molecule has 0 bridgehead atoms. The molecule has 1 saturated heterocycles. The van der Waals surface area contributed by atoms with Crippen molar-refractivity contribution in [1.82, 2.24) is 15.5 Å². The second-order valence-electron chi connectivity index (χ2n) is 6.30. The molecule has 0 aromatic carbocycles. The molecule has 1 fully saturated rings. The summed E-state index contributed by atoms with van der Waals surface area (Å²) in [6, 6.07) is 0.507. The largest absolute Gasteiger partial charge is 0.356 e. The van der Waals surface area contributed by atoms with Gasteiger partial charge in [0, 0.05) is 19.6 Å². The first-order valence-corrected chi connectivity index (χ1v) is 8.95. The number of unbranched alkanes of at least 4 members (excludes halogenated alkanes) is 3. The first kappa shape index (κ1) is 18.3. The van der Waals surface area contributed by atoms with Gasteiger partial charge in [-0.05, 0) is 58.7 Å². The topological polar surface area (TPSA) is 39.7 Å². The lowest BCUT2D eigenvalue weighted by Crippen LogP contribution is -2.42. The van der Waals surface area contributed by atoms with Crippen LogP contribution < -0.4 is 10.6 Å². The van der Waals surface area contributed by atoms with E-state index in [-0.39, 0.29) is 0 Å². The molecule has 0 spiro atoms. The Balaban J connectivity index is 2.02. The molecule has 2 N–H and O–H groups in total. The SMILES string of the molecule is CCCCCC(C)NC(=NC)NCCCCN1CCCC1. The molecule has 0 aromatic heterocycles. The number of hydrogen-bond donors (Lipinski definition) is 2. The van der Waals surface area contributed by atoms with Crippen molar-refractivity contribution >= 4 is 5.96 Å². The number of hydrogen-bond acceptors (Lipinski definition) is 2. The highest BCUT2D eigenvalue weighted by Crippen LogP contribution is 2.08. The monoisotopic (exact) mass is 296 g/mol. The summed E-state index contributed by atoms with van der Waals surface area (Å²) < 4.78 is 0. The van der Waals surface area contributed by atoms with Gasteiger partial charge in [-0.2, -0.15) is 0 Å². The summed E-state index contributed by atoms with van der Waals surface area (Å²) in [7, 11) is 1.86. The number of likely N-dealkylation sites (tertiary alicyclic amines) is 1. The van der Waals surface area contributed by atoms with Crippen molar-refractivity contribution in [1.29, 1.82) is 0 Å². The van der Waals surface area contributed by atoms with Gasteiger partial charge >= 0.3 is 0 Å². The van der Waals surface area contributed by atoms with Crippen LogP contribution in [-0.2, 0) is 0 Å². The summed E-state index contributed by atoms with van der Waals surface area (Å²) >= 11 is 0. The fraction of sp³-hybridized carbons (Fsp3) is 0.941. The van der Waals surface area contributed by atoms with Gasteiger partial charge in [-0.25, -0.2) is 0 Å². The van der Waals surface area contributed by atoms with Crippen molar-refractivity contribution in [2.75, 3.05) is 33.2 Å². The van der Waals surface area contributed by atoms with E-state index in [0.717, 1.165) is 12.5 Å². The van der Waals surface area contributed by atoms with E-state index >= 15 is 0 Å². The van der Waals surface area contributed by atoms with Crippen LogP contribution >= 0.6 is 0 Å². The highest BCUT2D eigenvalue weighted by atomic mass is 15.2. The Morgan fingerprint density at radius 2 is 1.90 bits per heavy atom. The van der Waals surface area contributed by atoms with E-state index in [1.165, 1.54) is 71.0 Å². The van der Waals surface area contributed by atoms with Crippen molar-refractivity contribution in [2.24, 2.45) is 4.99 Å². The zero-order valence-corrected chi connectivity index (χ0v) is 14.5. The summed E-state index contributed by atoms with van der Waals surface area (Å²) in [4.78, 5) is 6.90. The molecule has 1 rings (SSSR count). The van der Waals surface area contributed by atoms with Crippen LogP contribution in [0.4, 0.5) is 0 Å². The van der Waals surface area contributed by atoms with Crippen molar-refractivity contribution in [3.63, 3.8) is 0 Å². The van der Waals surface area contributed by atoms with Crippen LogP contribution in [0.3, 0.4) is 0 Å². The predicted molar refractivity (Wildman–Crippen MR) is 93.0 cm³/mol. The third-order valence-corrected chi connectivity index (χ3v) is 4.24. The summed E-state index contributed by atoms with van der Waals surface area (Å²) in [5.41, 5.74) is 0. The molecular weight excluding hydrogens is 260 g/mol. The Kier molecular flexibility index (Phi) is 10.3. The van der Waals surface area contributed by atoms with E-state index in [1.54, 1.807) is 0 Å². The van der Waals surface area contributed by atoms with Gasteiger partial charge in [-0.3, -0.25) is 4.99 Å². The minimum absolute atomic E-state index is 0.507. The molecule has 4 heteroatoms. The molecule has 0 aromatic rings. The second kappa shape index (κ2) is 11.8. The van der Waals surface area contributed by atoms with E-state index in [9.17, 15) is 0 Å². The maximum atomic E-state index is 4.32. The van der Waals surface area contributed by atoms with E-state index in [0.29, 0.717) is 6.04 Å². The zero-order valence-electron chi connectivity index (χ0n) is 14.5. The smallest absolute Gasteiger partial charge is 0.191 e. The lowest BCUT2D eigenvalue weighted by molar-refractivity contribution is 0.330. The van der Waals surface area contributed by atoms with Crippen LogP contribution in [0.5, 0.6) is 0 Å². The minimum atomic E-state index is 0.507. The molecule has 0 saturated carbocycles. The number of nitrogens with one attached hydrogen (secondary N) is 2. The van der Waals surface area contributed by atoms with Gasteiger partial charge < -0.3 is 15.5 Å².